The molecule has 5 heteroatoms. The van der Waals surface area contributed by atoms with E-state index >= 15 is 0 Å². The van der Waals surface area contributed by atoms with Crippen molar-refractivity contribution >= 4 is 11.6 Å². The van der Waals surface area contributed by atoms with Crippen LogP contribution in [-0.4, -0.2) is 37.9 Å². The lowest BCUT2D eigenvalue weighted by atomic mass is 10.00. The highest BCUT2D eigenvalue weighted by Crippen LogP contribution is 2.27. The summed E-state index contributed by atoms with van der Waals surface area (Å²) in [4.78, 5) is 13.6. The summed E-state index contributed by atoms with van der Waals surface area (Å²) in [6.45, 7) is 11.9. The van der Waals surface area contributed by atoms with Gasteiger partial charge in [-0.2, -0.15) is 5.10 Å². The van der Waals surface area contributed by atoms with Gasteiger partial charge in [0.2, 0.25) is 0 Å². The number of carbonyl (C=O) groups excluding carboxylic acids is 1. The minimum atomic E-state index is -0.206. The lowest BCUT2D eigenvalue weighted by Crippen LogP contribution is -3.12. The Hall–Kier alpha value is -1.88. The molecule has 132 valence electrons. The second-order valence-corrected chi connectivity index (χ2v) is 6.80. The Balaban J connectivity index is 1.84. The number of piperidine rings is 1. The number of benzene rings is 1. The third kappa shape index (κ3) is 5.34. The summed E-state index contributed by atoms with van der Waals surface area (Å²) < 4.78 is 5.70. The minimum absolute atomic E-state index is 0.00804. The number of nitrogens with one attached hydrogen (secondary N) is 2. The lowest BCUT2D eigenvalue weighted by molar-refractivity contribution is -0.899. The average molecular weight is 332 g/mol. The van der Waals surface area contributed by atoms with Crippen molar-refractivity contribution in [3.05, 3.63) is 29.3 Å². The Kier molecular flexibility index (Phi) is 6.79. The van der Waals surface area contributed by atoms with Gasteiger partial charge in [-0.05, 0) is 31.4 Å². The molecule has 5 nitrogen and oxygen atoms in total. The molecular weight excluding hydrogens is 302 g/mol. The van der Waals surface area contributed by atoms with Crippen molar-refractivity contribution in [1.29, 1.82) is 0 Å². The van der Waals surface area contributed by atoms with Crippen molar-refractivity contribution in [3.63, 3.8) is 0 Å². The number of hydrogen-bond donors (Lipinski definition) is 2. The quantitative estimate of drug-likeness (QED) is 0.779. The molecular formula is C19H30N3O2+. The van der Waals surface area contributed by atoms with Gasteiger partial charge in [0.05, 0.1) is 19.6 Å². The largest absolute Gasteiger partial charge is 0.483 e. The van der Waals surface area contributed by atoms with E-state index in [0.717, 1.165) is 49.5 Å². The number of hydrazone groups is 1. The van der Waals surface area contributed by atoms with Gasteiger partial charge >= 0.3 is 0 Å². The zero-order valence-electron chi connectivity index (χ0n) is 15.3. The number of hydrogen-bond acceptors (Lipinski definition) is 3. The number of amides is 1. The zero-order chi connectivity index (χ0) is 17.5. The molecule has 1 aliphatic heterocycles. The van der Waals surface area contributed by atoms with Crippen LogP contribution in [0, 0.1) is 6.92 Å². The molecule has 1 aromatic rings. The van der Waals surface area contributed by atoms with Crippen LogP contribution in [0.25, 0.3) is 0 Å². The van der Waals surface area contributed by atoms with Crippen LogP contribution in [0.1, 0.15) is 50.7 Å². The van der Waals surface area contributed by atoms with E-state index < -0.39 is 0 Å². The van der Waals surface area contributed by atoms with Gasteiger partial charge in [0, 0.05) is 18.6 Å². The van der Waals surface area contributed by atoms with E-state index in [0.29, 0.717) is 5.92 Å². The van der Waals surface area contributed by atoms with E-state index in [9.17, 15) is 4.79 Å². The Morgan fingerprint density at radius 3 is 2.67 bits per heavy atom. The van der Waals surface area contributed by atoms with Crippen molar-refractivity contribution in [3.8, 4) is 5.75 Å². The maximum atomic E-state index is 12.0. The first kappa shape index (κ1) is 18.5. The third-order valence-corrected chi connectivity index (χ3v) is 4.52. The molecule has 2 rings (SSSR count). The van der Waals surface area contributed by atoms with Gasteiger partial charge in [0.15, 0.2) is 6.61 Å². The molecule has 0 saturated carbocycles. The molecule has 0 spiro atoms. The third-order valence-electron chi connectivity index (χ3n) is 4.52. The number of rotatable bonds is 6. The number of carbonyl (C=O) groups is 1. The molecule has 1 fully saturated rings. The van der Waals surface area contributed by atoms with Gasteiger partial charge in [-0.15, -0.1) is 0 Å². The van der Waals surface area contributed by atoms with Crippen molar-refractivity contribution in [2.45, 2.75) is 46.5 Å². The van der Waals surface area contributed by atoms with Crippen LogP contribution in [0.4, 0.5) is 0 Å². The van der Waals surface area contributed by atoms with Gasteiger partial charge in [0.25, 0.3) is 5.91 Å². The zero-order valence-corrected chi connectivity index (χ0v) is 15.3. The van der Waals surface area contributed by atoms with Crippen molar-refractivity contribution in [2.75, 3.05) is 26.2 Å². The highest BCUT2D eigenvalue weighted by molar-refractivity contribution is 5.87. The molecule has 0 bridgehead atoms. The van der Waals surface area contributed by atoms with Crippen LogP contribution in [0.2, 0.25) is 0 Å². The van der Waals surface area contributed by atoms with E-state index in [1.54, 1.807) is 4.90 Å². The van der Waals surface area contributed by atoms with Crippen LogP contribution >= 0.6 is 0 Å². The summed E-state index contributed by atoms with van der Waals surface area (Å²) in [5, 5.41) is 4.26. The van der Waals surface area contributed by atoms with E-state index in [1.807, 2.05) is 12.1 Å². The Labute approximate surface area is 145 Å². The maximum absolute atomic E-state index is 12.0. The van der Waals surface area contributed by atoms with Crippen molar-refractivity contribution in [1.82, 2.24) is 5.43 Å². The van der Waals surface area contributed by atoms with E-state index in [4.69, 9.17) is 4.74 Å². The van der Waals surface area contributed by atoms with E-state index in [1.165, 1.54) is 5.56 Å². The highest BCUT2D eigenvalue weighted by atomic mass is 16.5. The Bertz CT molecular complexity index is 586. The molecule has 0 aliphatic carbocycles. The maximum Gasteiger partial charge on any atom is 0.277 e. The minimum Gasteiger partial charge on any atom is -0.483 e. The molecule has 1 saturated heterocycles. The first-order chi connectivity index (χ1) is 11.5. The smallest absolute Gasteiger partial charge is 0.277 e. The van der Waals surface area contributed by atoms with Gasteiger partial charge in [0.1, 0.15) is 5.75 Å². The molecule has 24 heavy (non-hydrogen) atoms. The first-order valence-electron chi connectivity index (χ1n) is 8.90. The summed E-state index contributed by atoms with van der Waals surface area (Å²) in [6.07, 6.45) is 1.92. The monoisotopic (exact) mass is 332 g/mol. The second-order valence-electron chi connectivity index (χ2n) is 6.80. The number of likely N-dealkylation sites (tertiary alicyclic amines) is 1. The predicted molar refractivity (Wildman–Crippen MR) is 96.8 cm³/mol. The van der Waals surface area contributed by atoms with Crippen molar-refractivity contribution in [2.24, 2.45) is 5.10 Å². The number of nitrogens with zero attached hydrogens (tertiary/aromatic N) is 1. The summed E-state index contributed by atoms with van der Waals surface area (Å²) in [5.74, 6) is 0.927. The average Bonchev–Trinajstić information content (AvgIpc) is 2.59. The first-order valence-corrected chi connectivity index (χ1v) is 8.90. The number of ether oxygens (including phenoxy) is 1. The fourth-order valence-electron chi connectivity index (χ4n) is 2.92. The standard InChI is InChI=1S/C19H29N3O2/c1-5-22-10-8-16(9-11-22)20-21-19(23)13-24-18-7-6-15(4)12-17(18)14(2)3/h6-7,12,14H,5,8-11,13H2,1-4H3,(H,21,23)/p+1. The van der Waals surface area contributed by atoms with Gasteiger partial charge in [-0.1, -0.05) is 31.5 Å². The molecule has 1 amide bonds. The second kappa shape index (κ2) is 8.83. The molecule has 0 unspecified atom stereocenters. The van der Waals surface area contributed by atoms with Crippen LogP contribution in [0.15, 0.2) is 23.3 Å². The van der Waals surface area contributed by atoms with Crippen LogP contribution in [-0.2, 0) is 4.79 Å². The van der Waals surface area contributed by atoms with Gasteiger partial charge in [-0.25, -0.2) is 5.43 Å². The summed E-state index contributed by atoms with van der Waals surface area (Å²) in [6, 6.07) is 6.05. The molecule has 0 radical (unpaired) electrons. The lowest BCUT2D eigenvalue weighted by Gasteiger charge is -2.23. The molecule has 1 aliphatic rings. The Morgan fingerprint density at radius 2 is 2.04 bits per heavy atom. The fourth-order valence-corrected chi connectivity index (χ4v) is 2.92. The molecule has 1 aromatic carbocycles. The number of aryl methyl sites for hydroxylation is 1. The molecule has 0 aromatic heterocycles. The normalized spacial score (nSPS) is 17.7. The fraction of sp³-hybridized carbons (Fsp3) is 0.579. The predicted octanol–water partition coefficient (Wildman–Crippen LogP) is 1.67. The summed E-state index contributed by atoms with van der Waals surface area (Å²) in [5.41, 5.74) is 6.04. The van der Waals surface area contributed by atoms with Crippen LogP contribution in [0.3, 0.4) is 0 Å². The SMILES string of the molecule is CC[NH+]1CCC(=NNC(=O)COc2ccc(C)cc2C(C)C)CC1. The molecule has 0 atom stereocenters. The van der Waals surface area contributed by atoms with Crippen molar-refractivity contribution < 1.29 is 14.4 Å². The summed E-state index contributed by atoms with van der Waals surface area (Å²) in [7, 11) is 0. The van der Waals surface area contributed by atoms with E-state index in [-0.39, 0.29) is 12.5 Å². The molecule has 1 heterocycles. The van der Waals surface area contributed by atoms with E-state index in [2.05, 4.69) is 44.3 Å². The number of quaternary nitrogens is 1. The van der Waals surface area contributed by atoms with Crippen LogP contribution in [0.5, 0.6) is 5.75 Å². The Morgan fingerprint density at radius 1 is 1.33 bits per heavy atom. The molecule has 2 N–H and O–H groups in total. The topological polar surface area (TPSA) is 55.1 Å². The summed E-state index contributed by atoms with van der Waals surface area (Å²) >= 11 is 0. The van der Waals surface area contributed by atoms with Crippen LogP contribution < -0.4 is 15.1 Å². The van der Waals surface area contributed by atoms with Gasteiger partial charge in [-0.3, -0.25) is 4.79 Å². The van der Waals surface area contributed by atoms with Gasteiger partial charge < -0.3 is 9.64 Å². The highest BCUT2D eigenvalue weighted by Gasteiger charge is 2.17.